The third kappa shape index (κ3) is 3.97. The average Bonchev–Trinajstić information content (AvgIpc) is 3.06. The van der Waals surface area contributed by atoms with Crippen LogP contribution in [0.3, 0.4) is 0 Å². The van der Waals surface area contributed by atoms with E-state index < -0.39 is 0 Å². The molecule has 1 saturated carbocycles. The summed E-state index contributed by atoms with van der Waals surface area (Å²) in [4.78, 5) is 23.8. The van der Waals surface area contributed by atoms with Gasteiger partial charge in [-0.05, 0) is 30.1 Å². The van der Waals surface area contributed by atoms with Crippen molar-refractivity contribution < 1.29 is 9.59 Å². The van der Waals surface area contributed by atoms with Crippen molar-refractivity contribution >= 4 is 11.8 Å². The molecule has 1 aliphatic rings. The van der Waals surface area contributed by atoms with Crippen molar-refractivity contribution in [2.24, 2.45) is 16.2 Å². The van der Waals surface area contributed by atoms with Crippen molar-refractivity contribution in [2.75, 3.05) is 13.6 Å². The standard InChI is InChI=1S/C16H30N2O2/c1-14(2,3)11-12(19)18-10-9-15(4,5)16(7-8-16)13(20)17-6/h7-11H2,1-6H3,(H,17,20)(H,18,19). The summed E-state index contributed by atoms with van der Waals surface area (Å²) in [5.74, 6) is 0.238. The van der Waals surface area contributed by atoms with Crippen molar-refractivity contribution in [1.82, 2.24) is 10.6 Å². The van der Waals surface area contributed by atoms with Gasteiger partial charge < -0.3 is 10.6 Å². The van der Waals surface area contributed by atoms with Crippen LogP contribution < -0.4 is 10.6 Å². The summed E-state index contributed by atoms with van der Waals surface area (Å²) >= 11 is 0. The SMILES string of the molecule is CNC(=O)C1(C(C)(C)CCNC(=O)CC(C)(C)C)CC1. The van der Waals surface area contributed by atoms with Crippen molar-refractivity contribution in [2.45, 2.75) is 60.3 Å². The quantitative estimate of drug-likeness (QED) is 0.786. The van der Waals surface area contributed by atoms with Crippen molar-refractivity contribution in [1.29, 1.82) is 0 Å². The Kier molecular flexibility index (Phi) is 4.88. The van der Waals surface area contributed by atoms with Crippen molar-refractivity contribution in [3.05, 3.63) is 0 Å². The van der Waals surface area contributed by atoms with Gasteiger partial charge in [0.2, 0.25) is 11.8 Å². The molecule has 0 unspecified atom stereocenters. The highest BCUT2D eigenvalue weighted by molar-refractivity contribution is 5.86. The highest BCUT2D eigenvalue weighted by Gasteiger charge is 2.59. The number of amides is 2. The zero-order valence-electron chi connectivity index (χ0n) is 13.9. The van der Waals surface area contributed by atoms with Gasteiger partial charge in [0.05, 0.1) is 5.41 Å². The second kappa shape index (κ2) is 5.74. The minimum atomic E-state index is -0.226. The van der Waals surface area contributed by atoms with E-state index in [0.717, 1.165) is 19.3 Å². The first kappa shape index (κ1) is 17.0. The summed E-state index contributed by atoms with van der Waals surface area (Å²) in [6.07, 6.45) is 3.27. The highest BCUT2D eigenvalue weighted by atomic mass is 16.2. The average molecular weight is 282 g/mol. The topological polar surface area (TPSA) is 58.2 Å². The van der Waals surface area contributed by atoms with E-state index in [-0.39, 0.29) is 28.1 Å². The summed E-state index contributed by atoms with van der Waals surface area (Å²) in [5.41, 5.74) is -0.294. The summed E-state index contributed by atoms with van der Waals surface area (Å²) in [6, 6.07) is 0. The summed E-state index contributed by atoms with van der Waals surface area (Å²) < 4.78 is 0. The number of rotatable bonds is 6. The molecule has 0 saturated heterocycles. The third-order valence-corrected chi connectivity index (χ3v) is 4.47. The summed E-state index contributed by atoms with van der Waals surface area (Å²) in [7, 11) is 1.70. The molecule has 0 heterocycles. The zero-order chi connectivity index (χ0) is 15.6. The fourth-order valence-corrected chi connectivity index (χ4v) is 2.87. The number of hydrogen-bond acceptors (Lipinski definition) is 2. The van der Waals surface area contributed by atoms with Crippen LogP contribution in [0.25, 0.3) is 0 Å². The van der Waals surface area contributed by atoms with E-state index in [9.17, 15) is 9.59 Å². The summed E-state index contributed by atoms with van der Waals surface area (Å²) in [5, 5.41) is 5.76. The Balaban J connectivity index is 2.45. The molecule has 0 aromatic carbocycles. The van der Waals surface area contributed by atoms with Gasteiger partial charge in [0.25, 0.3) is 0 Å². The third-order valence-electron chi connectivity index (χ3n) is 4.47. The Bertz CT molecular complexity index is 376. The maximum absolute atomic E-state index is 12.0. The largest absolute Gasteiger partial charge is 0.359 e. The lowest BCUT2D eigenvalue weighted by atomic mass is 9.72. The highest BCUT2D eigenvalue weighted by Crippen LogP contribution is 2.60. The molecule has 0 aromatic rings. The molecule has 0 bridgehead atoms. The number of carbonyl (C=O) groups excluding carboxylic acids is 2. The molecule has 1 fully saturated rings. The summed E-state index contributed by atoms with van der Waals surface area (Å²) in [6.45, 7) is 11.1. The van der Waals surface area contributed by atoms with E-state index in [2.05, 4.69) is 45.3 Å². The zero-order valence-corrected chi connectivity index (χ0v) is 13.9. The predicted molar refractivity (Wildman–Crippen MR) is 81.2 cm³/mol. The minimum absolute atomic E-state index is 0.0133. The predicted octanol–water partition coefficient (Wildman–Crippen LogP) is 2.48. The Morgan fingerprint density at radius 1 is 1.10 bits per heavy atom. The molecule has 0 spiro atoms. The fourth-order valence-electron chi connectivity index (χ4n) is 2.87. The van der Waals surface area contributed by atoms with Crippen LogP contribution in [-0.4, -0.2) is 25.4 Å². The Morgan fingerprint density at radius 3 is 2.05 bits per heavy atom. The molecule has 1 rings (SSSR count). The molecule has 0 aliphatic heterocycles. The second-order valence-corrected chi connectivity index (χ2v) is 7.88. The molecule has 2 amide bonds. The van der Waals surface area contributed by atoms with E-state index in [1.165, 1.54) is 0 Å². The van der Waals surface area contributed by atoms with E-state index in [1.807, 2.05) is 0 Å². The van der Waals surface area contributed by atoms with Crippen LogP contribution in [0.1, 0.15) is 60.3 Å². The molecule has 0 aromatic heterocycles. The van der Waals surface area contributed by atoms with Crippen molar-refractivity contribution in [3.8, 4) is 0 Å². The molecule has 1 aliphatic carbocycles. The maximum Gasteiger partial charge on any atom is 0.226 e. The normalized spacial score (nSPS) is 17.5. The minimum Gasteiger partial charge on any atom is -0.359 e. The first-order valence-electron chi connectivity index (χ1n) is 7.53. The lowest BCUT2D eigenvalue weighted by Crippen LogP contribution is -2.41. The first-order valence-corrected chi connectivity index (χ1v) is 7.53. The van der Waals surface area contributed by atoms with Crippen LogP contribution in [-0.2, 0) is 9.59 Å². The van der Waals surface area contributed by atoms with Gasteiger partial charge in [0, 0.05) is 20.0 Å². The van der Waals surface area contributed by atoms with Crippen LogP contribution in [0.5, 0.6) is 0 Å². The monoisotopic (exact) mass is 282 g/mol. The Hall–Kier alpha value is -1.06. The molecule has 116 valence electrons. The first-order chi connectivity index (χ1) is 9.04. The Morgan fingerprint density at radius 2 is 1.65 bits per heavy atom. The number of hydrogen-bond donors (Lipinski definition) is 2. The smallest absolute Gasteiger partial charge is 0.226 e. The van der Waals surface area contributed by atoms with E-state index in [1.54, 1.807) is 7.05 Å². The van der Waals surface area contributed by atoms with Crippen LogP contribution in [0.2, 0.25) is 0 Å². The molecular formula is C16H30N2O2. The molecule has 0 atom stereocenters. The number of carbonyl (C=O) groups is 2. The van der Waals surface area contributed by atoms with Crippen molar-refractivity contribution in [3.63, 3.8) is 0 Å². The molecular weight excluding hydrogens is 252 g/mol. The van der Waals surface area contributed by atoms with Crippen LogP contribution >= 0.6 is 0 Å². The van der Waals surface area contributed by atoms with E-state index in [0.29, 0.717) is 13.0 Å². The molecule has 4 heteroatoms. The van der Waals surface area contributed by atoms with E-state index in [4.69, 9.17) is 0 Å². The van der Waals surface area contributed by atoms with Crippen LogP contribution in [0.15, 0.2) is 0 Å². The van der Waals surface area contributed by atoms with Gasteiger partial charge in [-0.3, -0.25) is 9.59 Å². The molecule has 2 N–H and O–H groups in total. The van der Waals surface area contributed by atoms with Gasteiger partial charge in [0.15, 0.2) is 0 Å². The van der Waals surface area contributed by atoms with Gasteiger partial charge in [-0.15, -0.1) is 0 Å². The molecule has 4 nitrogen and oxygen atoms in total. The van der Waals surface area contributed by atoms with Gasteiger partial charge in [0.1, 0.15) is 0 Å². The van der Waals surface area contributed by atoms with Gasteiger partial charge >= 0.3 is 0 Å². The van der Waals surface area contributed by atoms with Gasteiger partial charge in [-0.1, -0.05) is 34.6 Å². The fraction of sp³-hybridized carbons (Fsp3) is 0.875. The van der Waals surface area contributed by atoms with Gasteiger partial charge in [-0.25, -0.2) is 0 Å². The van der Waals surface area contributed by atoms with Crippen LogP contribution in [0, 0.1) is 16.2 Å². The lowest BCUT2D eigenvalue weighted by molar-refractivity contribution is -0.130. The lowest BCUT2D eigenvalue weighted by Gasteiger charge is -2.33. The second-order valence-electron chi connectivity index (χ2n) is 7.88. The molecule has 20 heavy (non-hydrogen) atoms. The van der Waals surface area contributed by atoms with Crippen LogP contribution in [0.4, 0.5) is 0 Å². The maximum atomic E-state index is 12.0. The van der Waals surface area contributed by atoms with E-state index >= 15 is 0 Å². The number of nitrogens with one attached hydrogen (secondary N) is 2. The molecule has 0 radical (unpaired) electrons. The van der Waals surface area contributed by atoms with Gasteiger partial charge in [-0.2, -0.15) is 0 Å². The Labute approximate surface area is 123 Å².